The van der Waals surface area contributed by atoms with Crippen molar-refractivity contribution in [1.29, 1.82) is 0 Å². The summed E-state index contributed by atoms with van der Waals surface area (Å²) >= 11 is 3.39. The van der Waals surface area contributed by atoms with Crippen molar-refractivity contribution in [3.8, 4) is 0 Å². The monoisotopic (exact) mass is 215 g/mol. The van der Waals surface area contributed by atoms with Crippen LogP contribution in [0.25, 0.3) is 0 Å². The molecule has 2 rings (SSSR count). The molecule has 1 aromatic rings. The summed E-state index contributed by atoms with van der Waals surface area (Å²) in [6.45, 7) is 0. The number of hydrogen-bond acceptors (Lipinski definition) is 2. The van der Waals surface area contributed by atoms with Gasteiger partial charge in [-0.3, -0.25) is 0 Å². The highest BCUT2D eigenvalue weighted by atomic mass is 79.9. The Kier molecular flexibility index (Phi) is 1.77. The molecule has 1 atom stereocenters. The lowest BCUT2D eigenvalue weighted by atomic mass is 10.1. The fourth-order valence-electron chi connectivity index (χ4n) is 1.24. The van der Waals surface area contributed by atoms with E-state index in [1.54, 1.807) is 12.5 Å². The van der Waals surface area contributed by atoms with Crippen LogP contribution in [0.2, 0.25) is 0 Å². The SMILES string of the molecule is N[C@@H](c1cocc1Br)C1CC1. The molecule has 0 saturated heterocycles. The molecule has 60 valence electrons. The molecule has 1 heterocycles. The van der Waals surface area contributed by atoms with Crippen LogP contribution in [0.15, 0.2) is 21.4 Å². The van der Waals surface area contributed by atoms with E-state index < -0.39 is 0 Å². The van der Waals surface area contributed by atoms with E-state index in [1.807, 2.05) is 0 Å². The molecule has 1 aromatic heterocycles. The fraction of sp³-hybridized carbons (Fsp3) is 0.500. The highest BCUT2D eigenvalue weighted by Gasteiger charge is 2.31. The Morgan fingerprint density at radius 1 is 1.55 bits per heavy atom. The van der Waals surface area contributed by atoms with Crippen LogP contribution in [0, 0.1) is 5.92 Å². The molecule has 1 aliphatic carbocycles. The molecule has 0 unspecified atom stereocenters. The van der Waals surface area contributed by atoms with Crippen LogP contribution in [0.3, 0.4) is 0 Å². The summed E-state index contributed by atoms with van der Waals surface area (Å²) in [5.74, 6) is 0.684. The Morgan fingerprint density at radius 2 is 2.27 bits per heavy atom. The molecule has 0 aliphatic heterocycles. The van der Waals surface area contributed by atoms with Crippen molar-refractivity contribution >= 4 is 15.9 Å². The summed E-state index contributed by atoms with van der Waals surface area (Å²) in [6.07, 6.45) is 5.93. The standard InChI is InChI=1S/C8H10BrNO/c9-7-4-11-3-6(7)8(10)5-1-2-5/h3-5,8H,1-2,10H2/t8-/m1/s1. The van der Waals surface area contributed by atoms with E-state index in [-0.39, 0.29) is 6.04 Å². The Bertz CT molecular complexity index is 254. The van der Waals surface area contributed by atoms with Crippen molar-refractivity contribution in [2.24, 2.45) is 11.7 Å². The van der Waals surface area contributed by atoms with Gasteiger partial charge in [-0.2, -0.15) is 0 Å². The Labute approximate surface area is 73.9 Å². The van der Waals surface area contributed by atoms with Gasteiger partial charge in [-0.05, 0) is 34.7 Å². The van der Waals surface area contributed by atoms with Crippen LogP contribution in [0.5, 0.6) is 0 Å². The van der Waals surface area contributed by atoms with Gasteiger partial charge in [-0.25, -0.2) is 0 Å². The van der Waals surface area contributed by atoms with Gasteiger partial charge in [0.25, 0.3) is 0 Å². The third-order valence-electron chi connectivity index (χ3n) is 2.13. The molecule has 0 spiro atoms. The highest BCUT2D eigenvalue weighted by Crippen LogP contribution is 2.41. The molecule has 1 saturated carbocycles. The lowest BCUT2D eigenvalue weighted by molar-refractivity contribution is 0.551. The Balaban J connectivity index is 2.20. The number of furan rings is 1. The molecule has 11 heavy (non-hydrogen) atoms. The lowest BCUT2D eigenvalue weighted by Crippen LogP contribution is -2.11. The van der Waals surface area contributed by atoms with Crippen molar-refractivity contribution in [3.63, 3.8) is 0 Å². The number of halogens is 1. The van der Waals surface area contributed by atoms with E-state index in [1.165, 1.54) is 12.8 Å². The van der Waals surface area contributed by atoms with Crippen molar-refractivity contribution in [3.05, 3.63) is 22.6 Å². The van der Waals surface area contributed by atoms with Crippen LogP contribution in [0.4, 0.5) is 0 Å². The summed E-state index contributed by atoms with van der Waals surface area (Å²) in [6, 6.07) is 0.170. The minimum atomic E-state index is 0.170. The second kappa shape index (κ2) is 2.64. The zero-order valence-electron chi connectivity index (χ0n) is 6.09. The summed E-state index contributed by atoms with van der Waals surface area (Å²) in [4.78, 5) is 0. The molecule has 0 bridgehead atoms. The first-order chi connectivity index (χ1) is 5.29. The van der Waals surface area contributed by atoms with Crippen molar-refractivity contribution in [1.82, 2.24) is 0 Å². The maximum Gasteiger partial charge on any atom is 0.105 e. The second-order valence-corrected chi connectivity index (χ2v) is 3.89. The third-order valence-corrected chi connectivity index (χ3v) is 2.78. The van der Waals surface area contributed by atoms with Crippen LogP contribution in [-0.2, 0) is 0 Å². The number of hydrogen-bond donors (Lipinski definition) is 1. The van der Waals surface area contributed by atoms with Gasteiger partial charge < -0.3 is 10.2 Å². The van der Waals surface area contributed by atoms with Gasteiger partial charge >= 0.3 is 0 Å². The topological polar surface area (TPSA) is 39.2 Å². The van der Waals surface area contributed by atoms with Gasteiger partial charge in [0.15, 0.2) is 0 Å². The number of nitrogens with two attached hydrogens (primary N) is 1. The summed E-state index contributed by atoms with van der Waals surface area (Å²) in [5.41, 5.74) is 7.06. The molecular formula is C8H10BrNO. The smallest absolute Gasteiger partial charge is 0.105 e. The largest absolute Gasteiger partial charge is 0.471 e. The van der Waals surface area contributed by atoms with Crippen LogP contribution in [-0.4, -0.2) is 0 Å². The maximum atomic E-state index is 5.96. The molecular weight excluding hydrogens is 206 g/mol. The van der Waals surface area contributed by atoms with Crippen LogP contribution in [0.1, 0.15) is 24.4 Å². The molecule has 0 radical (unpaired) electrons. The summed E-state index contributed by atoms with van der Waals surface area (Å²) in [7, 11) is 0. The molecule has 2 nitrogen and oxygen atoms in total. The molecule has 1 fully saturated rings. The Morgan fingerprint density at radius 3 is 2.73 bits per heavy atom. The average molecular weight is 216 g/mol. The average Bonchev–Trinajstić information content (AvgIpc) is 2.74. The maximum absolute atomic E-state index is 5.96. The summed E-state index contributed by atoms with van der Waals surface area (Å²) < 4.78 is 6.01. The van der Waals surface area contributed by atoms with E-state index in [4.69, 9.17) is 10.2 Å². The second-order valence-electron chi connectivity index (χ2n) is 3.04. The zero-order chi connectivity index (χ0) is 7.84. The van der Waals surface area contributed by atoms with Gasteiger partial charge in [0.1, 0.15) is 6.26 Å². The van der Waals surface area contributed by atoms with E-state index in [9.17, 15) is 0 Å². The minimum absolute atomic E-state index is 0.170. The first-order valence-corrected chi connectivity index (χ1v) is 4.55. The van der Waals surface area contributed by atoms with E-state index in [0.717, 1.165) is 10.0 Å². The van der Waals surface area contributed by atoms with Gasteiger partial charge in [-0.1, -0.05) is 0 Å². The van der Waals surface area contributed by atoms with Crippen LogP contribution < -0.4 is 5.73 Å². The van der Waals surface area contributed by atoms with Crippen LogP contribution >= 0.6 is 15.9 Å². The van der Waals surface area contributed by atoms with Gasteiger partial charge in [0, 0.05) is 11.6 Å². The third kappa shape index (κ3) is 1.35. The first kappa shape index (κ1) is 7.37. The van der Waals surface area contributed by atoms with Crippen molar-refractivity contribution in [2.45, 2.75) is 18.9 Å². The molecule has 0 amide bonds. The minimum Gasteiger partial charge on any atom is -0.471 e. The Hall–Kier alpha value is -0.280. The molecule has 3 heteroatoms. The van der Waals surface area contributed by atoms with Gasteiger partial charge in [-0.15, -0.1) is 0 Å². The predicted molar refractivity (Wildman–Crippen MR) is 46.1 cm³/mol. The molecule has 0 aromatic carbocycles. The van der Waals surface area contributed by atoms with E-state index in [0.29, 0.717) is 5.92 Å². The lowest BCUT2D eigenvalue weighted by Gasteiger charge is -2.06. The number of rotatable bonds is 2. The van der Waals surface area contributed by atoms with Gasteiger partial charge in [0.05, 0.1) is 10.7 Å². The molecule has 1 aliphatic rings. The first-order valence-electron chi connectivity index (χ1n) is 3.76. The van der Waals surface area contributed by atoms with Gasteiger partial charge in [0.2, 0.25) is 0 Å². The predicted octanol–water partition coefficient (Wildman–Crippen LogP) is 2.45. The zero-order valence-corrected chi connectivity index (χ0v) is 7.67. The normalized spacial score (nSPS) is 20.2. The highest BCUT2D eigenvalue weighted by molar-refractivity contribution is 9.10. The quantitative estimate of drug-likeness (QED) is 0.824. The van der Waals surface area contributed by atoms with Crippen molar-refractivity contribution < 1.29 is 4.42 Å². The van der Waals surface area contributed by atoms with Crippen molar-refractivity contribution in [2.75, 3.05) is 0 Å². The fourth-order valence-corrected chi connectivity index (χ4v) is 1.70. The van der Waals surface area contributed by atoms with E-state index in [2.05, 4.69) is 15.9 Å². The summed E-state index contributed by atoms with van der Waals surface area (Å²) in [5, 5.41) is 0. The molecule has 2 N–H and O–H groups in total. The van der Waals surface area contributed by atoms with E-state index >= 15 is 0 Å².